The van der Waals surface area contributed by atoms with Gasteiger partial charge >= 0.3 is 5.97 Å². The number of rotatable bonds is 2. The molecule has 0 aliphatic rings. The number of benzene rings is 1. The summed E-state index contributed by atoms with van der Waals surface area (Å²) in [5.74, 6) is -1.20. The van der Waals surface area contributed by atoms with Crippen LogP contribution in [0.1, 0.15) is 15.9 Å². The number of carbonyl (C=O) groups is 1. The summed E-state index contributed by atoms with van der Waals surface area (Å²) in [5, 5.41) is 29.1. The summed E-state index contributed by atoms with van der Waals surface area (Å²) >= 11 is 1.79. The highest BCUT2D eigenvalue weighted by molar-refractivity contribution is 14.1. The summed E-state index contributed by atoms with van der Waals surface area (Å²) in [4.78, 5) is 10.6. The smallest absolute Gasteiger partial charge is 0.335 e. The third-order valence-corrected chi connectivity index (χ3v) is 2.36. The Labute approximate surface area is 92.8 Å². The molecule has 14 heavy (non-hydrogen) atoms. The van der Waals surface area contributed by atoms with E-state index in [0.29, 0.717) is 3.57 Å². The molecule has 1 aromatic rings. The maximum Gasteiger partial charge on any atom is 0.335 e. The number of halogens is 1. The predicted molar refractivity (Wildman–Crippen MR) is 57.2 cm³/mol. The van der Waals surface area contributed by atoms with E-state index >= 15 is 0 Å². The van der Waals surface area contributed by atoms with Crippen LogP contribution in [0.2, 0.25) is 0 Å². The van der Waals surface area contributed by atoms with Crippen LogP contribution in [-0.4, -0.2) is 27.6 Å². The van der Waals surface area contributed by atoms with E-state index < -0.39 is 5.97 Å². The quantitative estimate of drug-likeness (QED) is 0.334. The molecule has 6 heteroatoms. The fourth-order valence-corrected chi connectivity index (χ4v) is 1.55. The lowest BCUT2D eigenvalue weighted by atomic mass is 10.1. The zero-order chi connectivity index (χ0) is 10.7. The maximum atomic E-state index is 10.6. The second kappa shape index (κ2) is 4.27. The van der Waals surface area contributed by atoms with Gasteiger partial charge in [-0.3, -0.25) is 0 Å². The number of hydrogen-bond acceptors (Lipinski definition) is 4. The summed E-state index contributed by atoms with van der Waals surface area (Å²) in [6, 6.07) is 2.55. The molecule has 0 heterocycles. The molecule has 0 saturated carbocycles. The van der Waals surface area contributed by atoms with Gasteiger partial charge in [-0.2, -0.15) is 0 Å². The summed E-state index contributed by atoms with van der Waals surface area (Å²) in [7, 11) is 0. The minimum Gasteiger partial charge on any atom is -0.506 e. The molecule has 0 aromatic heterocycles. The van der Waals surface area contributed by atoms with E-state index in [1.165, 1.54) is 12.1 Å². The van der Waals surface area contributed by atoms with Crippen molar-refractivity contribution in [3.8, 4) is 5.75 Å². The van der Waals surface area contributed by atoms with E-state index in [2.05, 4.69) is 5.16 Å². The highest BCUT2D eigenvalue weighted by Gasteiger charge is 2.10. The van der Waals surface area contributed by atoms with Gasteiger partial charge in [0.2, 0.25) is 0 Å². The molecule has 1 aromatic carbocycles. The van der Waals surface area contributed by atoms with Crippen molar-refractivity contribution >= 4 is 34.8 Å². The van der Waals surface area contributed by atoms with Gasteiger partial charge < -0.3 is 15.4 Å². The van der Waals surface area contributed by atoms with E-state index in [1.807, 2.05) is 0 Å². The second-order valence-electron chi connectivity index (χ2n) is 2.45. The molecular weight excluding hydrogens is 301 g/mol. The third-order valence-electron chi connectivity index (χ3n) is 1.54. The minimum atomic E-state index is -1.10. The Morgan fingerprint density at radius 2 is 2.14 bits per heavy atom. The van der Waals surface area contributed by atoms with Crippen molar-refractivity contribution < 1.29 is 20.2 Å². The first-order valence-electron chi connectivity index (χ1n) is 3.49. The van der Waals surface area contributed by atoms with Gasteiger partial charge in [-0.25, -0.2) is 4.79 Å². The van der Waals surface area contributed by atoms with E-state index in [4.69, 9.17) is 10.3 Å². The van der Waals surface area contributed by atoms with Crippen molar-refractivity contribution in [2.45, 2.75) is 0 Å². The average Bonchev–Trinajstić information content (AvgIpc) is 2.12. The number of hydrogen-bond donors (Lipinski definition) is 3. The fourth-order valence-electron chi connectivity index (χ4n) is 0.904. The van der Waals surface area contributed by atoms with Gasteiger partial charge in [-0.15, -0.1) is 0 Å². The standard InChI is InChI=1S/C8H6INO4/c9-6-2-4(8(12)13)1-5(3-10-14)7(6)11/h1-3,11,14H,(H,12,13). The second-order valence-corrected chi connectivity index (χ2v) is 3.61. The van der Waals surface area contributed by atoms with E-state index in [9.17, 15) is 9.90 Å². The van der Waals surface area contributed by atoms with Gasteiger partial charge in [-0.1, -0.05) is 5.16 Å². The van der Waals surface area contributed by atoms with Crippen molar-refractivity contribution in [3.05, 3.63) is 26.8 Å². The Morgan fingerprint density at radius 3 is 2.64 bits per heavy atom. The molecule has 5 nitrogen and oxygen atoms in total. The van der Waals surface area contributed by atoms with Gasteiger partial charge in [0, 0.05) is 5.56 Å². The molecule has 0 amide bonds. The van der Waals surface area contributed by atoms with Gasteiger partial charge in [0.05, 0.1) is 15.3 Å². The van der Waals surface area contributed by atoms with Gasteiger partial charge in [0.25, 0.3) is 0 Å². The molecule has 0 bridgehead atoms. The van der Waals surface area contributed by atoms with Crippen LogP contribution < -0.4 is 0 Å². The van der Waals surface area contributed by atoms with E-state index in [0.717, 1.165) is 6.21 Å². The van der Waals surface area contributed by atoms with Gasteiger partial charge in [-0.05, 0) is 34.7 Å². The number of carboxylic acids is 1. The van der Waals surface area contributed by atoms with Crippen LogP contribution in [0.4, 0.5) is 0 Å². The van der Waals surface area contributed by atoms with Gasteiger partial charge in [0.1, 0.15) is 5.75 Å². The number of oxime groups is 1. The molecule has 0 spiro atoms. The monoisotopic (exact) mass is 307 g/mol. The predicted octanol–water partition coefficient (Wildman–Crippen LogP) is 1.50. The summed E-state index contributed by atoms with van der Waals surface area (Å²) in [6.07, 6.45) is 0.976. The molecule has 1 rings (SSSR count). The molecule has 74 valence electrons. The Balaban J connectivity index is 3.35. The topological polar surface area (TPSA) is 90.1 Å². The molecular formula is C8H6INO4. The Bertz CT molecular complexity index is 403. The van der Waals surface area contributed by atoms with Crippen LogP contribution in [0, 0.1) is 3.57 Å². The lowest BCUT2D eigenvalue weighted by Crippen LogP contribution is -1.99. The SMILES string of the molecule is O=C(O)c1cc(I)c(O)c(C=NO)c1. The normalized spacial score (nSPS) is 10.6. The summed E-state index contributed by atoms with van der Waals surface area (Å²) in [6.45, 7) is 0. The van der Waals surface area contributed by atoms with Crippen LogP contribution >= 0.6 is 22.6 Å². The maximum absolute atomic E-state index is 10.6. The van der Waals surface area contributed by atoms with Crippen molar-refractivity contribution in [1.29, 1.82) is 0 Å². The number of nitrogens with zero attached hydrogens (tertiary/aromatic N) is 1. The fraction of sp³-hybridized carbons (Fsp3) is 0. The van der Waals surface area contributed by atoms with Crippen LogP contribution in [-0.2, 0) is 0 Å². The molecule has 0 radical (unpaired) electrons. The minimum absolute atomic E-state index is 0.0297. The van der Waals surface area contributed by atoms with Gasteiger partial charge in [0.15, 0.2) is 0 Å². The van der Waals surface area contributed by atoms with Crippen molar-refractivity contribution in [3.63, 3.8) is 0 Å². The number of aromatic carboxylic acids is 1. The highest BCUT2D eigenvalue weighted by Crippen LogP contribution is 2.24. The van der Waals surface area contributed by atoms with Crippen molar-refractivity contribution in [2.24, 2.45) is 5.16 Å². The first-order valence-corrected chi connectivity index (χ1v) is 4.57. The third kappa shape index (κ3) is 2.13. The van der Waals surface area contributed by atoms with Crippen molar-refractivity contribution in [1.82, 2.24) is 0 Å². The number of phenolic OH excluding ortho intramolecular Hbond substituents is 1. The zero-order valence-electron chi connectivity index (χ0n) is 6.81. The lowest BCUT2D eigenvalue weighted by molar-refractivity contribution is 0.0696. The average molecular weight is 307 g/mol. The summed E-state index contributed by atoms with van der Waals surface area (Å²) in [5.41, 5.74) is 0.193. The first kappa shape index (κ1) is 10.8. The van der Waals surface area contributed by atoms with Crippen LogP contribution in [0.5, 0.6) is 5.75 Å². The lowest BCUT2D eigenvalue weighted by Gasteiger charge is -2.02. The Hall–Kier alpha value is -1.31. The molecule has 3 N–H and O–H groups in total. The molecule has 0 aliphatic carbocycles. The molecule has 0 unspecified atom stereocenters. The van der Waals surface area contributed by atoms with Crippen LogP contribution in [0.3, 0.4) is 0 Å². The molecule has 0 atom stereocenters. The molecule has 0 aliphatic heterocycles. The molecule has 0 fully saturated rings. The Kier molecular flexibility index (Phi) is 3.28. The number of aromatic hydroxyl groups is 1. The van der Waals surface area contributed by atoms with Crippen LogP contribution in [0.15, 0.2) is 17.3 Å². The van der Waals surface area contributed by atoms with Crippen molar-refractivity contribution in [2.75, 3.05) is 0 Å². The largest absolute Gasteiger partial charge is 0.506 e. The van der Waals surface area contributed by atoms with E-state index in [-0.39, 0.29) is 16.9 Å². The Morgan fingerprint density at radius 1 is 1.50 bits per heavy atom. The first-order chi connectivity index (χ1) is 6.56. The van der Waals surface area contributed by atoms with E-state index in [1.54, 1.807) is 22.6 Å². The van der Waals surface area contributed by atoms with Crippen LogP contribution in [0.25, 0.3) is 0 Å². The highest BCUT2D eigenvalue weighted by atomic mass is 127. The zero-order valence-corrected chi connectivity index (χ0v) is 8.96. The molecule has 0 saturated heterocycles. The number of phenols is 1. The number of carboxylic acid groups (broad SMARTS) is 1. The summed E-state index contributed by atoms with van der Waals surface area (Å²) < 4.78 is 0.386.